The van der Waals surface area contributed by atoms with Crippen LogP contribution in [0.15, 0.2) is 78.8 Å². The molecule has 0 saturated carbocycles. The SMILES string of the molecule is C[C@@H](Oc1ccc(OC(F)=Cc2ccc(Cl)cc2)cc1)C(=O)N(C)c1ccccc1F. The summed E-state index contributed by atoms with van der Waals surface area (Å²) < 4.78 is 38.8. The van der Waals surface area contributed by atoms with E-state index < -0.39 is 23.8 Å². The fourth-order valence-corrected chi connectivity index (χ4v) is 2.91. The van der Waals surface area contributed by atoms with E-state index >= 15 is 0 Å². The molecule has 160 valence electrons. The van der Waals surface area contributed by atoms with Crippen molar-refractivity contribution in [1.29, 1.82) is 0 Å². The highest BCUT2D eigenvalue weighted by Gasteiger charge is 2.22. The van der Waals surface area contributed by atoms with Crippen LogP contribution in [0.5, 0.6) is 11.5 Å². The number of amides is 1. The van der Waals surface area contributed by atoms with E-state index in [0.29, 0.717) is 16.3 Å². The van der Waals surface area contributed by atoms with E-state index in [1.807, 2.05) is 0 Å². The number of ether oxygens (including phenoxy) is 2. The highest BCUT2D eigenvalue weighted by atomic mass is 35.5. The molecule has 0 aromatic heterocycles. The molecule has 0 saturated heterocycles. The van der Waals surface area contributed by atoms with Crippen molar-refractivity contribution >= 4 is 29.3 Å². The van der Waals surface area contributed by atoms with Crippen molar-refractivity contribution < 1.29 is 23.0 Å². The number of hydrogen-bond donors (Lipinski definition) is 0. The van der Waals surface area contributed by atoms with Crippen LogP contribution in [0.4, 0.5) is 14.5 Å². The molecule has 31 heavy (non-hydrogen) atoms. The monoisotopic (exact) mass is 443 g/mol. The van der Waals surface area contributed by atoms with Crippen molar-refractivity contribution in [2.24, 2.45) is 0 Å². The Bertz CT molecular complexity index is 1070. The summed E-state index contributed by atoms with van der Waals surface area (Å²) in [5, 5.41) is 0.557. The molecule has 0 unspecified atom stereocenters. The van der Waals surface area contributed by atoms with Crippen LogP contribution in [-0.2, 0) is 4.79 Å². The second-order valence-corrected chi connectivity index (χ2v) is 7.12. The Hall–Kier alpha value is -3.38. The summed E-state index contributed by atoms with van der Waals surface area (Å²) in [6.45, 7) is 1.57. The van der Waals surface area contributed by atoms with Crippen molar-refractivity contribution in [2.75, 3.05) is 11.9 Å². The Balaban J connectivity index is 1.60. The maximum atomic E-state index is 14.1. The van der Waals surface area contributed by atoms with Gasteiger partial charge in [-0.25, -0.2) is 4.39 Å². The van der Waals surface area contributed by atoms with Crippen LogP contribution in [0.25, 0.3) is 6.08 Å². The Kier molecular flexibility index (Phi) is 7.26. The highest BCUT2D eigenvalue weighted by Crippen LogP contribution is 2.23. The lowest BCUT2D eigenvalue weighted by Crippen LogP contribution is -2.38. The number of anilines is 1. The zero-order valence-electron chi connectivity index (χ0n) is 16.9. The molecular formula is C24H20ClF2NO3. The molecule has 0 aliphatic rings. The van der Waals surface area contributed by atoms with Gasteiger partial charge in [-0.1, -0.05) is 35.9 Å². The van der Waals surface area contributed by atoms with Gasteiger partial charge >= 0.3 is 0 Å². The van der Waals surface area contributed by atoms with Gasteiger partial charge in [0.1, 0.15) is 17.3 Å². The van der Waals surface area contributed by atoms with Crippen molar-refractivity contribution in [3.63, 3.8) is 0 Å². The first-order valence-electron chi connectivity index (χ1n) is 9.43. The van der Waals surface area contributed by atoms with Crippen LogP contribution < -0.4 is 14.4 Å². The molecule has 3 aromatic rings. The Labute approximate surface area is 184 Å². The van der Waals surface area contributed by atoms with E-state index in [9.17, 15) is 13.6 Å². The summed E-state index contributed by atoms with van der Waals surface area (Å²) in [5.41, 5.74) is 0.766. The van der Waals surface area contributed by atoms with Gasteiger partial charge in [0.05, 0.1) is 5.69 Å². The minimum absolute atomic E-state index is 0.162. The van der Waals surface area contributed by atoms with Gasteiger partial charge < -0.3 is 14.4 Å². The number of benzene rings is 3. The maximum absolute atomic E-state index is 14.1. The maximum Gasteiger partial charge on any atom is 0.278 e. The van der Waals surface area contributed by atoms with E-state index in [2.05, 4.69) is 0 Å². The molecule has 1 atom stereocenters. The number of halogens is 3. The fourth-order valence-electron chi connectivity index (χ4n) is 2.79. The number of hydrogen-bond acceptors (Lipinski definition) is 3. The molecule has 3 aromatic carbocycles. The number of carbonyl (C=O) groups excluding carboxylic acids is 1. The van der Waals surface area contributed by atoms with Gasteiger partial charge in [-0.2, -0.15) is 4.39 Å². The minimum atomic E-state index is -0.863. The molecule has 7 heteroatoms. The van der Waals surface area contributed by atoms with E-state index in [1.165, 1.54) is 42.3 Å². The van der Waals surface area contributed by atoms with Crippen LogP contribution >= 0.6 is 11.6 Å². The third-order valence-electron chi connectivity index (χ3n) is 4.39. The van der Waals surface area contributed by atoms with Gasteiger partial charge in [-0.3, -0.25) is 4.79 Å². The van der Waals surface area contributed by atoms with Crippen molar-refractivity contribution in [3.8, 4) is 11.5 Å². The lowest BCUT2D eigenvalue weighted by Gasteiger charge is -2.22. The van der Waals surface area contributed by atoms with Gasteiger partial charge in [0.25, 0.3) is 11.9 Å². The number of nitrogens with zero attached hydrogens (tertiary/aromatic N) is 1. The van der Waals surface area contributed by atoms with Crippen LogP contribution in [0.1, 0.15) is 12.5 Å². The van der Waals surface area contributed by atoms with E-state index in [1.54, 1.807) is 55.5 Å². The predicted molar refractivity (Wildman–Crippen MR) is 118 cm³/mol. The molecule has 3 rings (SSSR count). The first kappa shape index (κ1) is 22.3. The summed E-state index contributed by atoms with van der Waals surface area (Å²) in [7, 11) is 1.48. The number of rotatable bonds is 7. The molecule has 4 nitrogen and oxygen atoms in total. The molecule has 0 heterocycles. The van der Waals surface area contributed by atoms with Crippen molar-refractivity contribution in [2.45, 2.75) is 13.0 Å². The molecule has 0 fully saturated rings. The summed E-state index contributed by atoms with van der Waals surface area (Å²) in [6.07, 6.45) is 0.373. The van der Waals surface area contributed by atoms with Gasteiger partial charge in [-0.15, -0.1) is 0 Å². The van der Waals surface area contributed by atoms with E-state index in [-0.39, 0.29) is 11.4 Å². The third kappa shape index (κ3) is 6.06. The highest BCUT2D eigenvalue weighted by molar-refractivity contribution is 6.30. The van der Waals surface area contributed by atoms with Gasteiger partial charge in [-0.05, 0) is 61.0 Å². The second kappa shape index (κ2) is 10.1. The number of para-hydroxylation sites is 1. The van der Waals surface area contributed by atoms with Crippen LogP contribution in [0.3, 0.4) is 0 Å². The quantitative estimate of drug-likeness (QED) is 0.405. The topological polar surface area (TPSA) is 38.8 Å². The molecule has 0 aliphatic carbocycles. The van der Waals surface area contributed by atoms with Crippen LogP contribution in [0, 0.1) is 5.82 Å². The first-order valence-corrected chi connectivity index (χ1v) is 9.80. The molecule has 0 bridgehead atoms. The van der Waals surface area contributed by atoms with Gasteiger partial charge in [0.15, 0.2) is 6.10 Å². The van der Waals surface area contributed by atoms with Gasteiger partial charge in [0, 0.05) is 18.1 Å². The Morgan fingerprint density at radius 2 is 1.61 bits per heavy atom. The standard InChI is InChI=1S/C24H20ClF2NO3/c1-16(24(29)28(2)22-6-4-3-5-21(22)26)30-19-11-13-20(14-12-19)31-23(27)15-17-7-9-18(25)10-8-17/h3-16H,1-2H3/t16-/m1/s1. The first-order chi connectivity index (χ1) is 14.8. The number of likely N-dealkylation sites (N-methyl/N-ethyl adjacent to an activating group) is 1. The Morgan fingerprint density at radius 3 is 2.26 bits per heavy atom. The molecule has 0 radical (unpaired) electrons. The molecule has 0 N–H and O–H groups in total. The summed E-state index contributed by atoms with van der Waals surface area (Å²) in [6, 6.07) is 18.0. The minimum Gasteiger partial charge on any atom is -0.481 e. The zero-order chi connectivity index (χ0) is 22.4. The smallest absolute Gasteiger partial charge is 0.278 e. The van der Waals surface area contributed by atoms with E-state index in [4.69, 9.17) is 21.1 Å². The van der Waals surface area contributed by atoms with Crippen molar-refractivity contribution in [3.05, 3.63) is 95.2 Å². The lowest BCUT2D eigenvalue weighted by atomic mass is 10.2. The predicted octanol–water partition coefficient (Wildman–Crippen LogP) is 6.26. The molecule has 0 aliphatic heterocycles. The molecular weight excluding hydrogens is 424 g/mol. The van der Waals surface area contributed by atoms with E-state index in [0.717, 1.165) is 0 Å². The largest absolute Gasteiger partial charge is 0.481 e. The van der Waals surface area contributed by atoms with Crippen LogP contribution in [-0.4, -0.2) is 19.1 Å². The fraction of sp³-hybridized carbons (Fsp3) is 0.125. The normalized spacial score (nSPS) is 12.2. The molecule has 1 amide bonds. The average molecular weight is 444 g/mol. The van der Waals surface area contributed by atoms with Crippen molar-refractivity contribution in [1.82, 2.24) is 0 Å². The number of carbonyl (C=O) groups is 1. The summed E-state index contributed by atoms with van der Waals surface area (Å²) in [4.78, 5) is 13.8. The Morgan fingerprint density at radius 1 is 1.00 bits per heavy atom. The lowest BCUT2D eigenvalue weighted by molar-refractivity contribution is -0.124. The molecule has 0 spiro atoms. The second-order valence-electron chi connectivity index (χ2n) is 6.68. The zero-order valence-corrected chi connectivity index (χ0v) is 17.6. The summed E-state index contributed by atoms with van der Waals surface area (Å²) in [5.74, 6) is -0.266. The summed E-state index contributed by atoms with van der Waals surface area (Å²) >= 11 is 5.81. The van der Waals surface area contributed by atoms with Gasteiger partial charge in [0.2, 0.25) is 0 Å². The third-order valence-corrected chi connectivity index (χ3v) is 4.65. The van der Waals surface area contributed by atoms with Crippen LogP contribution in [0.2, 0.25) is 5.02 Å². The average Bonchev–Trinajstić information content (AvgIpc) is 2.76.